The van der Waals surface area contributed by atoms with E-state index in [0.29, 0.717) is 24.1 Å². The maximum Gasteiger partial charge on any atom is 0.331 e. The van der Waals surface area contributed by atoms with E-state index in [1.54, 1.807) is 18.7 Å². The summed E-state index contributed by atoms with van der Waals surface area (Å²) in [5.74, 6) is 0.742. The van der Waals surface area contributed by atoms with Gasteiger partial charge >= 0.3 is 5.69 Å². The molecule has 2 aromatic carbocycles. The minimum absolute atomic E-state index is 0.305. The van der Waals surface area contributed by atoms with E-state index in [1.165, 1.54) is 17.2 Å². The van der Waals surface area contributed by atoms with E-state index in [1.807, 2.05) is 24.3 Å². The molecule has 0 bridgehead atoms. The van der Waals surface area contributed by atoms with Gasteiger partial charge in [0.1, 0.15) is 11.9 Å². The standard InChI is InChI=1S/C26H27N3O4/c1-5-16-6-8-18(9-7-16)24-23-22-20(25(30)28(3)26(31)27(22)2)21(29(23)14-15-33-24)17-10-12-19(32-4)13-11-17/h6-13,24H,5,14-15H2,1-4H3. The Morgan fingerprint density at radius 3 is 2.33 bits per heavy atom. The van der Waals surface area contributed by atoms with Crippen LogP contribution in [0.3, 0.4) is 0 Å². The fraction of sp³-hybridized carbons (Fsp3) is 0.308. The van der Waals surface area contributed by atoms with Crippen molar-refractivity contribution in [2.75, 3.05) is 13.7 Å². The van der Waals surface area contributed by atoms with Crippen LogP contribution in [0.4, 0.5) is 0 Å². The SMILES string of the molecule is CCc1ccc(C2OCCn3c(-c4ccc(OC)cc4)c4c(=O)n(C)c(=O)n(C)c4c32)cc1. The Labute approximate surface area is 191 Å². The zero-order valence-corrected chi connectivity index (χ0v) is 19.3. The zero-order chi connectivity index (χ0) is 23.3. The first-order valence-corrected chi connectivity index (χ1v) is 11.1. The molecule has 0 aliphatic carbocycles. The first-order chi connectivity index (χ1) is 16.0. The van der Waals surface area contributed by atoms with Crippen LogP contribution >= 0.6 is 0 Å². The molecule has 0 saturated heterocycles. The second-order valence-electron chi connectivity index (χ2n) is 8.39. The van der Waals surface area contributed by atoms with Crippen LogP contribution in [0.1, 0.15) is 29.8 Å². The highest BCUT2D eigenvalue weighted by Gasteiger charge is 2.33. The molecule has 1 atom stereocenters. The van der Waals surface area contributed by atoms with Gasteiger partial charge in [0.05, 0.1) is 36.0 Å². The van der Waals surface area contributed by atoms with Crippen molar-refractivity contribution in [3.63, 3.8) is 0 Å². The fourth-order valence-electron chi connectivity index (χ4n) is 4.81. The molecule has 0 spiro atoms. The largest absolute Gasteiger partial charge is 0.497 e. The molecule has 0 saturated carbocycles. The van der Waals surface area contributed by atoms with E-state index >= 15 is 0 Å². The van der Waals surface area contributed by atoms with Crippen LogP contribution in [0.15, 0.2) is 58.1 Å². The van der Waals surface area contributed by atoms with Crippen molar-refractivity contribution in [2.24, 2.45) is 14.1 Å². The zero-order valence-electron chi connectivity index (χ0n) is 19.3. The van der Waals surface area contributed by atoms with Crippen LogP contribution in [0.2, 0.25) is 0 Å². The third-order valence-electron chi connectivity index (χ3n) is 6.61. The lowest BCUT2D eigenvalue weighted by Crippen LogP contribution is -2.37. The van der Waals surface area contributed by atoms with Crippen LogP contribution < -0.4 is 16.0 Å². The molecule has 3 heterocycles. The number of hydrogen-bond acceptors (Lipinski definition) is 4. The molecule has 170 valence electrons. The molecule has 0 amide bonds. The molecular formula is C26H27N3O4. The maximum absolute atomic E-state index is 13.4. The Morgan fingerprint density at radius 1 is 1.00 bits per heavy atom. The summed E-state index contributed by atoms with van der Waals surface area (Å²) in [5, 5.41) is 0.528. The van der Waals surface area contributed by atoms with Crippen molar-refractivity contribution in [3.05, 3.63) is 86.2 Å². The van der Waals surface area contributed by atoms with Gasteiger partial charge in [-0.25, -0.2) is 4.79 Å². The molecule has 2 aromatic heterocycles. The van der Waals surface area contributed by atoms with Gasteiger partial charge in [0, 0.05) is 20.6 Å². The van der Waals surface area contributed by atoms with Gasteiger partial charge in [0.15, 0.2) is 0 Å². The third-order valence-corrected chi connectivity index (χ3v) is 6.61. The molecule has 7 heteroatoms. The molecule has 0 N–H and O–H groups in total. The van der Waals surface area contributed by atoms with Crippen molar-refractivity contribution in [2.45, 2.75) is 26.0 Å². The van der Waals surface area contributed by atoms with E-state index in [9.17, 15) is 9.59 Å². The summed E-state index contributed by atoms with van der Waals surface area (Å²) in [4.78, 5) is 26.3. The molecule has 7 nitrogen and oxygen atoms in total. The normalized spacial score (nSPS) is 15.6. The summed E-state index contributed by atoms with van der Waals surface area (Å²) in [5.41, 5.74) is 4.74. The average molecular weight is 446 g/mol. The molecule has 5 rings (SSSR count). The third kappa shape index (κ3) is 3.23. The van der Waals surface area contributed by atoms with Gasteiger partial charge in [-0.15, -0.1) is 0 Å². The number of fused-ring (bicyclic) bond motifs is 3. The van der Waals surface area contributed by atoms with Crippen LogP contribution in [-0.2, 0) is 31.8 Å². The summed E-state index contributed by atoms with van der Waals surface area (Å²) >= 11 is 0. The van der Waals surface area contributed by atoms with Crippen LogP contribution in [-0.4, -0.2) is 27.4 Å². The lowest BCUT2D eigenvalue weighted by molar-refractivity contribution is 0.0478. The number of methoxy groups -OCH3 is 1. The molecule has 1 aliphatic heterocycles. The van der Waals surface area contributed by atoms with Crippen LogP contribution in [0, 0.1) is 0 Å². The first-order valence-electron chi connectivity index (χ1n) is 11.1. The summed E-state index contributed by atoms with van der Waals surface area (Å²) in [7, 11) is 4.87. The summed E-state index contributed by atoms with van der Waals surface area (Å²) in [6.45, 7) is 3.22. The van der Waals surface area contributed by atoms with Gasteiger partial charge in [-0.2, -0.15) is 0 Å². The Hall–Kier alpha value is -3.58. The Bertz CT molecular complexity index is 1460. The number of rotatable bonds is 4. The lowest BCUT2D eigenvalue weighted by Gasteiger charge is -2.28. The van der Waals surface area contributed by atoms with Crippen LogP contribution in [0.5, 0.6) is 5.75 Å². The predicted octanol–water partition coefficient (Wildman–Crippen LogP) is 3.40. The average Bonchev–Trinajstić information content (AvgIpc) is 3.22. The number of benzene rings is 2. The van der Waals surface area contributed by atoms with Crippen LogP contribution in [0.25, 0.3) is 22.2 Å². The second-order valence-corrected chi connectivity index (χ2v) is 8.39. The van der Waals surface area contributed by atoms with Gasteiger partial charge in [-0.1, -0.05) is 31.2 Å². The molecule has 0 fully saturated rings. The first kappa shape index (κ1) is 21.3. The molecule has 1 unspecified atom stereocenters. The number of hydrogen-bond donors (Lipinski definition) is 0. The van der Waals surface area contributed by atoms with Crippen molar-refractivity contribution in [1.29, 1.82) is 0 Å². The highest BCUT2D eigenvalue weighted by molar-refractivity contribution is 5.96. The highest BCUT2D eigenvalue weighted by atomic mass is 16.5. The number of ether oxygens (including phenoxy) is 2. The number of aryl methyl sites for hydroxylation is 2. The van der Waals surface area contributed by atoms with Crippen molar-refractivity contribution in [1.82, 2.24) is 13.7 Å². The van der Waals surface area contributed by atoms with Crippen molar-refractivity contribution < 1.29 is 9.47 Å². The Morgan fingerprint density at radius 2 is 1.70 bits per heavy atom. The molecular weight excluding hydrogens is 418 g/mol. The van der Waals surface area contributed by atoms with E-state index < -0.39 is 0 Å². The Balaban J connectivity index is 1.87. The van der Waals surface area contributed by atoms with E-state index in [-0.39, 0.29) is 17.4 Å². The lowest BCUT2D eigenvalue weighted by atomic mass is 10.0. The van der Waals surface area contributed by atoms with Gasteiger partial charge in [-0.05, 0) is 47.4 Å². The summed E-state index contributed by atoms with van der Waals surface area (Å²) in [6.07, 6.45) is 0.578. The van der Waals surface area contributed by atoms with Gasteiger partial charge in [-0.3, -0.25) is 13.9 Å². The van der Waals surface area contributed by atoms with Gasteiger partial charge < -0.3 is 14.0 Å². The number of aromatic nitrogens is 3. The van der Waals surface area contributed by atoms with E-state index in [0.717, 1.165) is 34.7 Å². The smallest absolute Gasteiger partial charge is 0.331 e. The molecule has 1 aliphatic rings. The fourth-order valence-corrected chi connectivity index (χ4v) is 4.81. The predicted molar refractivity (Wildman–Crippen MR) is 128 cm³/mol. The van der Waals surface area contributed by atoms with E-state index in [2.05, 4.69) is 35.8 Å². The Kier molecular flexibility index (Phi) is 5.21. The minimum Gasteiger partial charge on any atom is -0.497 e. The van der Waals surface area contributed by atoms with Gasteiger partial charge in [0.2, 0.25) is 0 Å². The minimum atomic E-state index is -0.378. The maximum atomic E-state index is 13.4. The summed E-state index contributed by atoms with van der Waals surface area (Å²) in [6, 6.07) is 16.0. The second kappa shape index (κ2) is 8.08. The quantitative estimate of drug-likeness (QED) is 0.483. The summed E-state index contributed by atoms with van der Waals surface area (Å²) < 4.78 is 16.5. The molecule has 33 heavy (non-hydrogen) atoms. The number of nitrogens with zero attached hydrogens (tertiary/aromatic N) is 3. The topological polar surface area (TPSA) is 67.4 Å². The molecule has 0 radical (unpaired) electrons. The van der Waals surface area contributed by atoms with Crippen molar-refractivity contribution in [3.8, 4) is 17.0 Å². The monoisotopic (exact) mass is 445 g/mol. The molecule has 4 aromatic rings. The van der Waals surface area contributed by atoms with E-state index in [4.69, 9.17) is 9.47 Å². The van der Waals surface area contributed by atoms with Crippen molar-refractivity contribution >= 4 is 10.9 Å². The van der Waals surface area contributed by atoms with Gasteiger partial charge in [0.25, 0.3) is 5.56 Å². The highest BCUT2D eigenvalue weighted by Crippen LogP contribution is 2.40.